The maximum absolute atomic E-state index is 13.0. The minimum atomic E-state index is -1.09. The smallest absolute Gasteiger partial charge is 0.160 e. The van der Waals surface area contributed by atoms with E-state index in [2.05, 4.69) is 5.32 Å². The molecule has 0 saturated carbocycles. The maximum atomic E-state index is 13.0. The summed E-state index contributed by atoms with van der Waals surface area (Å²) >= 11 is 0. The largest absolute Gasteiger partial charge is 0.384 e. The minimum Gasteiger partial charge on any atom is -0.384 e. The van der Waals surface area contributed by atoms with Gasteiger partial charge in [0.15, 0.2) is 11.6 Å². The summed E-state index contributed by atoms with van der Waals surface area (Å²) in [7, 11) is 0. The number of halogens is 2. The van der Waals surface area contributed by atoms with Gasteiger partial charge >= 0.3 is 0 Å². The first-order valence-corrected chi connectivity index (χ1v) is 5.96. The Morgan fingerprint density at radius 2 is 1.74 bits per heavy atom. The van der Waals surface area contributed by atoms with Crippen LogP contribution in [-0.4, -0.2) is 11.7 Å². The third-order valence-corrected chi connectivity index (χ3v) is 2.95. The SMILES string of the molecule is CC(O)(CNc1ccc(F)c(F)c1)c1ccccc1. The fourth-order valence-corrected chi connectivity index (χ4v) is 1.78. The standard InChI is InChI=1S/C15H15F2NO/c1-15(19,11-5-3-2-4-6-11)10-18-12-7-8-13(16)14(17)9-12/h2-9,18-19H,10H2,1H3. The van der Waals surface area contributed by atoms with Crippen molar-refractivity contribution in [3.05, 3.63) is 65.7 Å². The highest BCUT2D eigenvalue weighted by Crippen LogP contribution is 2.21. The Kier molecular flexibility index (Phi) is 3.81. The van der Waals surface area contributed by atoms with Crippen LogP contribution in [0.25, 0.3) is 0 Å². The molecule has 2 aromatic carbocycles. The first-order chi connectivity index (χ1) is 8.99. The molecule has 2 rings (SSSR count). The van der Waals surface area contributed by atoms with E-state index in [1.54, 1.807) is 6.92 Å². The van der Waals surface area contributed by atoms with E-state index < -0.39 is 17.2 Å². The molecule has 0 aliphatic carbocycles. The molecule has 0 spiro atoms. The summed E-state index contributed by atoms with van der Waals surface area (Å²) in [5.41, 5.74) is 0.0896. The van der Waals surface area contributed by atoms with Gasteiger partial charge in [0.25, 0.3) is 0 Å². The van der Waals surface area contributed by atoms with E-state index in [9.17, 15) is 13.9 Å². The second kappa shape index (κ2) is 5.36. The van der Waals surface area contributed by atoms with Crippen LogP contribution in [0.1, 0.15) is 12.5 Å². The van der Waals surface area contributed by atoms with Crippen molar-refractivity contribution in [2.45, 2.75) is 12.5 Å². The van der Waals surface area contributed by atoms with E-state index >= 15 is 0 Å². The van der Waals surface area contributed by atoms with Crippen LogP contribution in [0.4, 0.5) is 14.5 Å². The van der Waals surface area contributed by atoms with Gasteiger partial charge in [0.05, 0.1) is 0 Å². The highest BCUT2D eigenvalue weighted by Gasteiger charge is 2.22. The average Bonchev–Trinajstić information content (AvgIpc) is 2.41. The molecule has 0 saturated heterocycles. The van der Waals surface area contributed by atoms with Gasteiger partial charge in [0.2, 0.25) is 0 Å². The summed E-state index contributed by atoms with van der Waals surface area (Å²) in [6, 6.07) is 12.7. The predicted octanol–water partition coefficient (Wildman–Crippen LogP) is 3.28. The van der Waals surface area contributed by atoms with Crippen molar-refractivity contribution >= 4 is 5.69 Å². The summed E-state index contributed by atoms with van der Waals surface area (Å²) in [5.74, 6) is -1.80. The van der Waals surface area contributed by atoms with Crippen molar-refractivity contribution in [2.75, 3.05) is 11.9 Å². The van der Waals surface area contributed by atoms with Crippen molar-refractivity contribution in [1.29, 1.82) is 0 Å². The van der Waals surface area contributed by atoms with Crippen molar-refractivity contribution in [3.63, 3.8) is 0 Å². The Morgan fingerprint density at radius 1 is 1.05 bits per heavy atom. The molecule has 0 radical (unpaired) electrons. The molecule has 2 aromatic rings. The monoisotopic (exact) mass is 263 g/mol. The lowest BCUT2D eigenvalue weighted by molar-refractivity contribution is 0.0715. The number of hydrogen-bond acceptors (Lipinski definition) is 2. The highest BCUT2D eigenvalue weighted by atomic mass is 19.2. The number of benzene rings is 2. The van der Waals surface area contributed by atoms with Crippen molar-refractivity contribution in [3.8, 4) is 0 Å². The molecule has 19 heavy (non-hydrogen) atoms. The topological polar surface area (TPSA) is 32.3 Å². The molecule has 100 valence electrons. The van der Waals surface area contributed by atoms with Gasteiger partial charge in [-0.3, -0.25) is 0 Å². The molecular weight excluding hydrogens is 248 g/mol. The maximum Gasteiger partial charge on any atom is 0.160 e. The zero-order valence-corrected chi connectivity index (χ0v) is 10.5. The molecule has 0 aliphatic heterocycles. The molecule has 0 amide bonds. The fraction of sp³-hybridized carbons (Fsp3) is 0.200. The minimum absolute atomic E-state index is 0.197. The van der Waals surface area contributed by atoms with Crippen LogP contribution in [0.2, 0.25) is 0 Å². The Morgan fingerprint density at radius 3 is 2.37 bits per heavy atom. The lowest BCUT2D eigenvalue weighted by Crippen LogP contribution is -2.30. The molecular formula is C15H15F2NO. The fourth-order valence-electron chi connectivity index (χ4n) is 1.78. The number of nitrogens with one attached hydrogen (secondary N) is 1. The van der Waals surface area contributed by atoms with Crippen LogP contribution in [0.15, 0.2) is 48.5 Å². The van der Waals surface area contributed by atoms with E-state index in [0.29, 0.717) is 5.69 Å². The number of anilines is 1. The quantitative estimate of drug-likeness (QED) is 0.887. The molecule has 1 unspecified atom stereocenters. The van der Waals surface area contributed by atoms with E-state index in [0.717, 1.165) is 17.7 Å². The lowest BCUT2D eigenvalue weighted by Gasteiger charge is -2.24. The normalized spacial score (nSPS) is 13.9. The summed E-state index contributed by atoms with van der Waals surface area (Å²) in [6.07, 6.45) is 0. The Labute approximate surface area is 110 Å². The van der Waals surface area contributed by atoms with Gasteiger partial charge < -0.3 is 10.4 Å². The highest BCUT2D eigenvalue weighted by molar-refractivity contribution is 5.44. The summed E-state index contributed by atoms with van der Waals surface area (Å²) in [5, 5.41) is 13.2. The third kappa shape index (κ3) is 3.29. The molecule has 0 bridgehead atoms. The van der Waals surface area contributed by atoms with Gasteiger partial charge in [-0.15, -0.1) is 0 Å². The van der Waals surface area contributed by atoms with Crippen LogP contribution in [0.3, 0.4) is 0 Å². The number of hydrogen-bond donors (Lipinski definition) is 2. The van der Waals surface area contributed by atoms with Gasteiger partial charge in [-0.05, 0) is 24.6 Å². The second-order valence-corrected chi connectivity index (χ2v) is 4.62. The zero-order valence-electron chi connectivity index (χ0n) is 10.5. The summed E-state index contributed by atoms with van der Waals surface area (Å²) < 4.78 is 25.8. The second-order valence-electron chi connectivity index (χ2n) is 4.62. The Bertz CT molecular complexity index is 555. The predicted molar refractivity (Wildman–Crippen MR) is 70.9 cm³/mol. The summed E-state index contributed by atoms with van der Waals surface area (Å²) in [6.45, 7) is 1.86. The molecule has 2 nitrogen and oxygen atoms in total. The Hall–Kier alpha value is -1.94. The first kappa shape index (κ1) is 13.5. The summed E-state index contributed by atoms with van der Waals surface area (Å²) in [4.78, 5) is 0. The van der Waals surface area contributed by atoms with E-state index in [1.165, 1.54) is 6.07 Å². The lowest BCUT2D eigenvalue weighted by atomic mass is 9.96. The van der Waals surface area contributed by atoms with E-state index in [1.807, 2.05) is 30.3 Å². The van der Waals surface area contributed by atoms with Gasteiger partial charge in [0, 0.05) is 18.3 Å². The van der Waals surface area contributed by atoms with Crippen LogP contribution < -0.4 is 5.32 Å². The third-order valence-electron chi connectivity index (χ3n) is 2.95. The molecule has 1 atom stereocenters. The van der Waals surface area contributed by atoms with Gasteiger partial charge in [0.1, 0.15) is 5.60 Å². The van der Waals surface area contributed by atoms with E-state index in [4.69, 9.17) is 0 Å². The number of rotatable bonds is 4. The average molecular weight is 263 g/mol. The van der Waals surface area contributed by atoms with Crippen LogP contribution in [0, 0.1) is 11.6 Å². The van der Waals surface area contributed by atoms with Gasteiger partial charge in [-0.25, -0.2) is 8.78 Å². The van der Waals surface area contributed by atoms with Crippen molar-refractivity contribution in [1.82, 2.24) is 0 Å². The van der Waals surface area contributed by atoms with Gasteiger partial charge in [-0.2, -0.15) is 0 Å². The first-order valence-electron chi connectivity index (χ1n) is 5.96. The molecule has 0 heterocycles. The van der Waals surface area contributed by atoms with Crippen LogP contribution in [-0.2, 0) is 5.60 Å². The van der Waals surface area contributed by atoms with Gasteiger partial charge in [-0.1, -0.05) is 30.3 Å². The van der Waals surface area contributed by atoms with Crippen molar-refractivity contribution in [2.24, 2.45) is 0 Å². The molecule has 0 aliphatic rings. The van der Waals surface area contributed by atoms with Crippen LogP contribution in [0.5, 0.6) is 0 Å². The molecule has 2 N–H and O–H groups in total. The molecule has 0 fully saturated rings. The van der Waals surface area contributed by atoms with E-state index in [-0.39, 0.29) is 6.54 Å². The number of aliphatic hydroxyl groups is 1. The van der Waals surface area contributed by atoms with Crippen molar-refractivity contribution < 1.29 is 13.9 Å². The molecule has 0 aromatic heterocycles. The zero-order chi connectivity index (χ0) is 13.9. The molecule has 4 heteroatoms. The van der Waals surface area contributed by atoms with Crippen LogP contribution >= 0.6 is 0 Å². The Balaban J connectivity index is 2.07.